The van der Waals surface area contributed by atoms with E-state index in [0.29, 0.717) is 12.1 Å². The molecule has 1 aromatic rings. The Balaban J connectivity index is 1.73. The molecule has 2 N–H and O–H groups in total. The molecule has 2 rings (SSSR count). The van der Waals surface area contributed by atoms with Crippen molar-refractivity contribution in [2.75, 3.05) is 13.1 Å². The third-order valence-corrected chi connectivity index (χ3v) is 3.03. The molecule has 1 aliphatic carbocycles. The topological polar surface area (TPSA) is 32.3 Å². The SMILES string of the molecule is OC(CNCCC1CC1)c1ccccc1F. The minimum absolute atomic E-state index is 0.334. The van der Waals surface area contributed by atoms with E-state index in [-0.39, 0.29) is 5.82 Å². The number of nitrogens with one attached hydrogen (secondary N) is 1. The van der Waals surface area contributed by atoms with E-state index in [1.165, 1.54) is 25.3 Å². The summed E-state index contributed by atoms with van der Waals surface area (Å²) >= 11 is 0. The third kappa shape index (κ3) is 3.29. The molecule has 16 heavy (non-hydrogen) atoms. The van der Waals surface area contributed by atoms with Crippen LogP contribution < -0.4 is 5.32 Å². The lowest BCUT2D eigenvalue weighted by molar-refractivity contribution is 0.170. The Morgan fingerprint density at radius 2 is 2.12 bits per heavy atom. The van der Waals surface area contributed by atoms with E-state index in [4.69, 9.17) is 0 Å². The molecule has 1 aromatic carbocycles. The molecule has 1 fully saturated rings. The number of aliphatic hydroxyl groups excluding tert-OH is 1. The van der Waals surface area contributed by atoms with Crippen molar-refractivity contribution in [1.82, 2.24) is 5.32 Å². The molecule has 1 atom stereocenters. The average Bonchev–Trinajstić information content (AvgIpc) is 3.08. The molecule has 1 saturated carbocycles. The lowest BCUT2D eigenvalue weighted by Gasteiger charge is -2.12. The fourth-order valence-electron chi connectivity index (χ4n) is 1.81. The maximum absolute atomic E-state index is 13.3. The lowest BCUT2D eigenvalue weighted by atomic mass is 10.1. The number of hydrogen-bond acceptors (Lipinski definition) is 2. The third-order valence-electron chi connectivity index (χ3n) is 3.03. The Hall–Kier alpha value is -0.930. The van der Waals surface area contributed by atoms with Crippen LogP contribution in [-0.2, 0) is 0 Å². The summed E-state index contributed by atoms with van der Waals surface area (Å²) in [6, 6.07) is 6.38. The van der Waals surface area contributed by atoms with Crippen molar-refractivity contribution in [3.8, 4) is 0 Å². The predicted molar refractivity (Wildman–Crippen MR) is 61.6 cm³/mol. The van der Waals surface area contributed by atoms with Gasteiger partial charge in [0.2, 0.25) is 0 Å². The van der Waals surface area contributed by atoms with Gasteiger partial charge in [0.05, 0.1) is 6.10 Å². The zero-order chi connectivity index (χ0) is 11.4. The van der Waals surface area contributed by atoms with E-state index in [2.05, 4.69) is 5.32 Å². The number of aliphatic hydroxyl groups is 1. The van der Waals surface area contributed by atoms with Crippen LogP contribution >= 0.6 is 0 Å². The van der Waals surface area contributed by atoms with Gasteiger partial charge in [0, 0.05) is 12.1 Å². The Bertz CT molecular complexity index is 338. The van der Waals surface area contributed by atoms with E-state index in [0.717, 1.165) is 12.5 Å². The second-order valence-corrected chi connectivity index (χ2v) is 4.47. The van der Waals surface area contributed by atoms with Crippen LogP contribution in [0.5, 0.6) is 0 Å². The van der Waals surface area contributed by atoms with Gasteiger partial charge in [-0.15, -0.1) is 0 Å². The normalized spacial score (nSPS) is 17.4. The van der Waals surface area contributed by atoms with Crippen molar-refractivity contribution < 1.29 is 9.50 Å². The molecule has 3 heteroatoms. The number of hydrogen-bond donors (Lipinski definition) is 2. The van der Waals surface area contributed by atoms with Crippen LogP contribution in [0, 0.1) is 11.7 Å². The fraction of sp³-hybridized carbons (Fsp3) is 0.538. The van der Waals surface area contributed by atoms with Crippen molar-refractivity contribution in [1.29, 1.82) is 0 Å². The first-order valence-corrected chi connectivity index (χ1v) is 5.90. The molecular formula is C13H18FNO. The first kappa shape index (κ1) is 11.6. The molecule has 88 valence electrons. The van der Waals surface area contributed by atoms with Crippen LogP contribution in [0.25, 0.3) is 0 Å². The fourth-order valence-corrected chi connectivity index (χ4v) is 1.81. The highest BCUT2D eigenvalue weighted by Gasteiger charge is 2.20. The Morgan fingerprint density at radius 1 is 1.38 bits per heavy atom. The van der Waals surface area contributed by atoms with Gasteiger partial charge in [-0.05, 0) is 24.9 Å². The maximum atomic E-state index is 13.3. The number of halogens is 1. The standard InChI is InChI=1S/C13H18FNO/c14-12-4-2-1-3-11(12)13(16)9-15-8-7-10-5-6-10/h1-4,10,13,15-16H,5-9H2. The van der Waals surface area contributed by atoms with Gasteiger partial charge in [0.25, 0.3) is 0 Å². The van der Waals surface area contributed by atoms with Gasteiger partial charge < -0.3 is 10.4 Å². The first-order valence-electron chi connectivity index (χ1n) is 5.90. The van der Waals surface area contributed by atoms with Crippen molar-refractivity contribution in [2.45, 2.75) is 25.4 Å². The summed E-state index contributed by atoms with van der Waals surface area (Å²) in [6.07, 6.45) is 3.11. The van der Waals surface area contributed by atoms with Gasteiger partial charge >= 0.3 is 0 Å². The van der Waals surface area contributed by atoms with E-state index in [1.807, 2.05) is 0 Å². The molecule has 1 unspecified atom stereocenters. The molecule has 0 aliphatic heterocycles. The lowest BCUT2D eigenvalue weighted by Crippen LogP contribution is -2.23. The highest BCUT2D eigenvalue weighted by Crippen LogP contribution is 2.31. The van der Waals surface area contributed by atoms with E-state index in [1.54, 1.807) is 18.2 Å². The Morgan fingerprint density at radius 3 is 2.81 bits per heavy atom. The summed E-state index contributed by atoms with van der Waals surface area (Å²) in [5.74, 6) is 0.553. The zero-order valence-electron chi connectivity index (χ0n) is 9.32. The van der Waals surface area contributed by atoms with E-state index < -0.39 is 6.10 Å². The summed E-state index contributed by atoms with van der Waals surface area (Å²) in [6.45, 7) is 1.34. The van der Waals surface area contributed by atoms with Crippen molar-refractivity contribution >= 4 is 0 Å². The molecular weight excluding hydrogens is 205 g/mol. The van der Waals surface area contributed by atoms with Crippen LogP contribution in [-0.4, -0.2) is 18.2 Å². The van der Waals surface area contributed by atoms with Crippen molar-refractivity contribution in [3.05, 3.63) is 35.6 Å². The van der Waals surface area contributed by atoms with Crippen molar-refractivity contribution in [2.24, 2.45) is 5.92 Å². The maximum Gasteiger partial charge on any atom is 0.129 e. The summed E-state index contributed by atoms with van der Waals surface area (Å²) < 4.78 is 13.3. The summed E-state index contributed by atoms with van der Waals surface area (Å²) in [5, 5.41) is 12.9. The summed E-state index contributed by atoms with van der Waals surface area (Å²) in [4.78, 5) is 0. The smallest absolute Gasteiger partial charge is 0.129 e. The largest absolute Gasteiger partial charge is 0.387 e. The molecule has 2 nitrogen and oxygen atoms in total. The minimum atomic E-state index is -0.750. The molecule has 0 heterocycles. The molecule has 0 aromatic heterocycles. The molecule has 1 aliphatic rings. The molecule has 0 amide bonds. The van der Waals surface area contributed by atoms with Crippen LogP contribution in [0.1, 0.15) is 30.9 Å². The molecule has 0 bridgehead atoms. The van der Waals surface area contributed by atoms with Crippen LogP contribution in [0.4, 0.5) is 4.39 Å². The molecule has 0 radical (unpaired) electrons. The monoisotopic (exact) mass is 223 g/mol. The van der Waals surface area contributed by atoms with Gasteiger partial charge in [-0.25, -0.2) is 4.39 Å². The van der Waals surface area contributed by atoms with E-state index in [9.17, 15) is 9.50 Å². The van der Waals surface area contributed by atoms with Crippen LogP contribution in [0.15, 0.2) is 24.3 Å². The number of benzene rings is 1. The van der Waals surface area contributed by atoms with Crippen LogP contribution in [0.3, 0.4) is 0 Å². The van der Waals surface area contributed by atoms with Gasteiger partial charge in [-0.3, -0.25) is 0 Å². The highest BCUT2D eigenvalue weighted by atomic mass is 19.1. The van der Waals surface area contributed by atoms with E-state index >= 15 is 0 Å². The Labute approximate surface area is 95.5 Å². The molecule has 0 spiro atoms. The Kier molecular flexibility index (Phi) is 3.91. The second-order valence-electron chi connectivity index (χ2n) is 4.47. The van der Waals surface area contributed by atoms with Gasteiger partial charge in [0.1, 0.15) is 5.82 Å². The quantitative estimate of drug-likeness (QED) is 0.725. The minimum Gasteiger partial charge on any atom is -0.387 e. The second kappa shape index (κ2) is 5.41. The molecule has 0 saturated heterocycles. The number of rotatable bonds is 6. The van der Waals surface area contributed by atoms with Gasteiger partial charge in [-0.2, -0.15) is 0 Å². The summed E-state index contributed by atoms with van der Waals surface area (Å²) in [7, 11) is 0. The van der Waals surface area contributed by atoms with Crippen LogP contribution in [0.2, 0.25) is 0 Å². The zero-order valence-corrected chi connectivity index (χ0v) is 9.32. The highest BCUT2D eigenvalue weighted by molar-refractivity contribution is 5.19. The summed E-state index contributed by atoms with van der Waals surface area (Å²) in [5.41, 5.74) is 0.376. The van der Waals surface area contributed by atoms with Gasteiger partial charge in [-0.1, -0.05) is 31.0 Å². The van der Waals surface area contributed by atoms with Gasteiger partial charge in [0.15, 0.2) is 0 Å². The predicted octanol–water partition coefficient (Wildman–Crippen LogP) is 2.25. The average molecular weight is 223 g/mol. The van der Waals surface area contributed by atoms with Crippen molar-refractivity contribution in [3.63, 3.8) is 0 Å². The first-order chi connectivity index (χ1) is 7.77.